The minimum absolute atomic E-state index is 0.0306. The van der Waals surface area contributed by atoms with Gasteiger partial charge in [-0.15, -0.1) is 6.58 Å². The highest BCUT2D eigenvalue weighted by atomic mass is 16.5. The first-order valence-corrected chi connectivity index (χ1v) is 3.62. The molecule has 0 spiro atoms. The fraction of sp³-hybridized carbons (Fsp3) is 0.750. The molecule has 1 heterocycles. The van der Waals surface area contributed by atoms with Gasteiger partial charge < -0.3 is 9.84 Å². The van der Waals surface area contributed by atoms with Crippen LogP contribution in [0.5, 0.6) is 0 Å². The number of aliphatic hydroxyl groups is 1. The van der Waals surface area contributed by atoms with Crippen LogP contribution in [0.25, 0.3) is 0 Å². The Labute approximate surface area is 61.5 Å². The van der Waals surface area contributed by atoms with Crippen molar-refractivity contribution < 1.29 is 9.84 Å². The Morgan fingerprint density at radius 2 is 2.60 bits per heavy atom. The molecule has 2 heteroatoms. The van der Waals surface area contributed by atoms with E-state index in [9.17, 15) is 0 Å². The average molecular weight is 142 g/mol. The van der Waals surface area contributed by atoms with E-state index in [2.05, 4.69) is 6.58 Å². The van der Waals surface area contributed by atoms with Crippen LogP contribution in [0.3, 0.4) is 0 Å². The molecular weight excluding hydrogens is 128 g/mol. The zero-order valence-electron chi connectivity index (χ0n) is 6.34. The number of aliphatic hydroxyl groups excluding tert-OH is 1. The lowest BCUT2D eigenvalue weighted by Gasteiger charge is -2.19. The summed E-state index contributed by atoms with van der Waals surface area (Å²) in [7, 11) is 0. The molecule has 1 aliphatic rings. The molecule has 0 amide bonds. The topological polar surface area (TPSA) is 29.5 Å². The molecule has 0 aromatic heterocycles. The summed E-state index contributed by atoms with van der Waals surface area (Å²) in [4.78, 5) is 0. The van der Waals surface area contributed by atoms with Crippen LogP contribution in [0.4, 0.5) is 0 Å². The molecule has 2 atom stereocenters. The van der Waals surface area contributed by atoms with Gasteiger partial charge in [-0.3, -0.25) is 0 Å². The van der Waals surface area contributed by atoms with E-state index in [0.717, 1.165) is 12.8 Å². The summed E-state index contributed by atoms with van der Waals surface area (Å²) in [6.07, 6.45) is 3.76. The van der Waals surface area contributed by atoms with E-state index in [0.29, 0.717) is 0 Å². The van der Waals surface area contributed by atoms with Gasteiger partial charge in [0, 0.05) is 0 Å². The van der Waals surface area contributed by atoms with Gasteiger partial charge >= 0.3 is 0 Å². The van der Waals surface area contributed by atoms with Gasteiger partial charge in [0.15, 0.2) is 0 Å². The van der Waals surface area contributed by atoms with Crippen molar-refractivity contribution in [2.24, 2.45) is 0 Å². The second-order valence-corrected chi connectivity index (χ2v) is 2.98. The van der Waals surface area contributed by atoms with Crippen LogP contribution in [-0.4, -0.2) is 23.4 Å². The Balaban J connectivity index is 2.48. The van der Waals surface area contributed by atoms with Crippen LogP contribution in [0.15, 0.2) is 12.7 Å². The van der Waals surface area contributed by atoms with E-state index in [-0.39, 0.29) is 18.3 Å². The van der Waals surface area contributed by atoms with Crippen molar-refractivity contribution in [2.75, 3.05) is 6.61 Å². The van der Waals surface area contributed by atoms with Crippen LogP contribution in [0.2, 0.25) is 0 Å². The molecule has 1 saturated heterocycles. The summed E-state index contributed by atoms with van der Waals surface area (Å²) in [6.45, 7) is 5.80. The SMILES string of the molecule is C=CC1(C)CCC(CO)O1. The van der Waals surface area contributed by atoms with Crippen LogP contribution < -0.4 is 0 Å². The first kappa shape index (κ1) is 7.76. The van der Waals surface area contributed by atoms with Crippen LogP contribution in [0, 0.1) is 0 Å². The largest absolute Gasteiger partial charge is 0.394 e. The first-order valence-electron chi connectivity index (χ1n) is 3.62. The third kappa shape index (κ3) is 1.39. The molecule has 2 nitrogen and oxygen atoms in total. The maximum atomic E-state index is 8.73. The van der Waals surface area contributed by atoms with E-state index >= 15 is 0 Å². The van der Waals surface area contributed by atoms with Gasteiger partial charge in [-0.2, -0.15) is 0 Å². The van der Waals surface area contributed by atoms with Crippen LogP contribution >= 0.6 is 0 Å². The molecule has 0 saturated carbocycles. The van der Waals surface area contributed by atoms with Crippen LogP contribution in [0.1, 0.15) is 19.8 Å². The second-order valence-electron chi connectivity index (χ2n) is 2.98. The monoisotopic (exact) mass is 142 g/mol. The van der Waals surface area contributed by atoms with Crippen molar-refractivity contribution in [1.82, 2.24) is 0 Å². The molecule has 1 aliphatic heterocycles. The lowest BCUT2D eigenvalue weighted by molar-refractivity contribution is -0.0203. The van der Waals surface area contributed by atoms with E-state index in [4.69, 9.17) is 9.84 Å². The zero-order valence-corrected chi connectivity index (χ0v) is 6.34. The van der Waals surface area contributed by atoms with Crippen molar-refractivity contribution in [3.8, 4) is 0 Å². The minimum atomic E-state index is -0.187. The second kappa shape index (κ2) is 2.72. The van der Waals surface area contributed by atoms with Crippen molar-refractivity contribution >= 4 is 0 Å². The quantitative estimate of drug-likeness (QED) is 0.585. The lowest BCUT2D eigenvalue weighted by atomic mass is 10.0. The highest BCUT2D eigenvalue weighted by molar-refractivity contribution is 4.98. The minimum Gasteiger partial charge on any atom is -0.394 e. The number of hydrogen-bond acceptors (Lipinski definition) is 2. The summed E-state index contributed by atoms with van der Waals surface area (Å²) in [5.74, 6) is 0. The molecule has 0 bridgehead atoms. The standard InChI is InChI=1S/C8H14O2/c1-3-8(2)5-4-7(6-9)10-8/h3,7,9H,1,4-6H2,2H3. The third-order valence-electron chi connectivity index (χ3n) is 2.03. The molecule has 0 aromatic carbocycles. The Morgan fingerprint density at radius 3 is 2.90 bits per heavy atom. The van der Waals surface area contributed by atoms with E-state index in [1.807, 2.05) is 13.0 Å². The van der Waals surface area contributed by atoms with Crippen molar-refractivity contribution in [1.29, 1.82) is 0 Å². The van der Waals surface area contributed by atoms with E-state index in [1.54, 1.807) is 0 Å². The van der Waals surface area contributed by atoms with E-state index < -0.39 is 0 Å². The van der Waals surface area contributed by atoms with Crippen molar-refractivity contribution in [2.45, 2.75) is 31.5 Å². The summed E-state index contributed by atoms with van der Waals surface area (Å²) in [6, 6.07) is 0. The van der Waals surface area contributed by atoms with Crippen molar-refractivity contribution in [3.05, 3.63) is 12.7 Å². The maximum Gasteiger partial charge on any atom is 0.0837 e. The predicted molar refractivity (Wildman–Crippen MR) is 39.8 cm³/mol. The Kier molecular flexibility index (Phi) is 2.11. The average Bonchev–Trinajstić information content (AvgIpc) is 2.33. The number of ether oxygens (including phenoxy) is 1. The Hall–Kier alpha value is -0.340. The summed E-state index contributed by atoms with van der Waals surface area (Å²) >= 11 is 0. The van der Waals surface area contributed by atoms with Gasteiger partial charge in [-0.25, -0.2) is 0 Å². The molecule has 10 heavy (non-hydrogen) atoms. The van der Waals surface area contributed by atoms with Crippen molar-refractivity contribution in [3.63, 3.8) is 0 Å². The lowest BCUT2D eigenvalue weighted by Crippen LogP contribution is -2.22. The van der Waals surface area contributed by atoms with Gasteiger partial charge in [-0.1, -0.05) is 6.08 Å². The van der Waals surface area contributed by atoms with Gasteiger partial charge in [-0.05, 0) is 19.8 Å². The summed E-state index contributed by atoms with van der Waals surface area (Å²) in [5.41, 5.74) is -0.187. The molecule has 1 fully saturated rings. The van der Waals surface area contributed by atoms with Gasteiger partial charge in [0.1, 0.15) is 0 Å². The highest BCUT2D eigenvalue weighted by Crippen LogP contribution is 2.30. The number of hydrogen-bond donors (Lipinski definition) is 1. The summed E-state index contributed by atoms with van der Waals surface area (Å²) < 4.78 is 5.48. The molecule has 1 rings (SSSR count). The third-order valence-corrected chi connectivity index (χ3v) is 2.03. The van der Waals surface area contributed by atoms with E-state index in [1.165, 1.54) is 0 Å². The van der Waals surface area contributed by atoms with Gasteiger partial charge in [0.05, 0.1) is 18.3 Å². The Morgan fingerprint density at radius 1 is 1.90 bits per heavy atom. The zero-order chi connectivity index (χ0) is 7.61. The molecule has 0 aromatic rings. The molecule has 2 unspecified atom stereocenters. The fourth-order valence-corrected chi connectivity index (χ4v) is 1.22. The first-order chi connectivity index (χ1) is 4.70. The van der Waals surface area contributed by atoms with Crippen LogP contribution in [-0.2, 0) is 4.74 Å². The summed E-state index contributed by atoms with van der Waals surface area (Å²) in [5, 5.41) is 8.73. The fourth-order valence-electron chi connectivity index (χ4n) is 1.22. The smallest absolute Gasteiger partial charge is 0.0837 e. The highest BCUT2D eigenvalue weighted by Gasteiger charge is 2.32. The van der Waals surface area contributed by atoms with Gasteiger partial charge in [0.2, 0.25) is 0 Å². The molecule has 0 radical (unpaired) electrons. The molecule has 58 valence electrons. The maximum absolute atomic E-state index is 8.73. The molecule has 0 aliphatic carbocycles. The van der Waals surface area contributed by atoms with Gasteiger partial charge in [0.25, 0.3) is 0 Å². The predicted octanol–water partition coefficient (Wildman–Crippen LogP) is 1.10. The normalized spacial score (nSPS) is 40.0. The molecule has 1 N–H and O–H groups in total. The molecular formula is C8H14O2. The number of rotatable bonds is 2. The Bertz CT molecular complexity index is 133.